The van der Waals surface area contributed by atoms with Gasteiger partial charge < -0.3 is 14.4 Å². The quantitative estimate of drug-likeness (QED) is 0.732. The van der Waals surface area contributed by atoms with E-state index in [9.17, 15) is 10.0 Å². The van der Waals surface area contributed by atoms with E-state index in [1.54, 1.807) is 68.3 Å². The maximum atomic E-state index is 11.7. The fourth-order valence-corrected chi connectivity index (χ4v) is 2.78. The third kappa shape index (κ3) is 4.29. The van der Waals surface area contributed by atoms with E-state index in [0.717, 1.165) is 10.9 Å². The molecule has 2 N–H and O–H groups in total. The molecule has 1 aliphatic rings. The number of carbonyl (C=O) groups is 1. The minimum atomic E-state index is -0.702. The Hall–Kier alpha value is -2.97. The molecule has 9 heteroatoms. The highest BCUT2D eigenvalue weighted by Gasteiger charge is 2.23. The van der Waals surface area contributed by atoms with Crippen LogP contribution in [0.1, 0.15) is 13.8 Å². The van der Waals surface area contributed by atoms with Crippen molar-refractivity contribution in [3.8, 4) is 5.75 Å². The van der Waals surface area contributed by atoms with Gasteiger partial charge in [0.25, 0.3) is 5.96 Å². The highest BCUT2D eigenvalue weighted by molar-refractivity contribution is 6.31. The van der Waals surface area contributed by atoms with Crippen molar-refractivity contribution in [3.05, 3.63) is 47.5 Å². The minimum Gasteiger partial charge on any atom is -0.479 e. The van der Waals surface area contributed by atoms with Gasteiger partial charge in [-0.05, 0) is 56.3 Å². The van der Waals surface area contributed by atoms with Gasteiger partial charge in [-0.25, -0.2) is 9.79 Å². The second-order valence-corrected chi connectivity index (χ2v) is 6.50. The van der Waals surface area contributed by atoms with Crippen LogP contribution >= 0.6 is 11.6 Å². The number of halogens is 1. The molecule has 0 fully saturated rings. The standard InChI is InChI=1S/C19H21ClN4O4/c1-4-27-18(25)12(2)28-15-8-6-14(7-9-15)23(3)19-21-16-10-5-13(20)11-17(16)22-24(19)26/h5-12,22,26H,4H2,1-3H3. The van der Waals surface area contributed by atoms with Crippen molar-refractivity contribution in [1.29, 1.82) is 0 Å². The Morgan fingerprint density at radius 3 is 2.71 bits per heavy atom. The topological polar surface area (TPSA) is 86.6 Å². The minimum absolute atomic E-state index is 0.281. The highest BCUT2D eigenvalue weighted by atomic mass is 35.5. The van der Waals surface area contributed by atoms with Crippen LogP contribution in [0, 0.1) is 0 Å². The van der Waals surface area contributed by atoms with E-state index in [1.807, 2.05) is 0 Å². The Morgan fingerprint density at radius 1 is 1.32 bits per heavy atom. The van der Waals surface area contributed by atoms with E-state index in [0.29, 0.717) is 28.8 Å². The number of hydroxylamine groups is 1. The maximum absolute atomic E-state index is 11.7. The number of nitrogens with zero attached hydrogens (tertiary/aromatic N) is 3. The van der Waals surface area contributed by atoms with Gasteiger partial charge in [0.15, 0.2) is 6.10 Å². The molecule has 1 atom stereocenters. The Kier molecular flexibility index (Phi) is 5.91. The van der Waals surface area contributed by atoms with Crippen molar-refractivity contribution >= 4 is 40.6 Å². The van der Waals surface area contributed by atoms with Crippen molar-refractivity contribution in [2.45, 2.75) is 20.0 Å². The molecule has 3 rings (SSSR count). The van der Waals surface area contributed by atoms with Crippen molar-refractivity contribution in [3.63, 3.8) is 0 Å². The summed E-state index contributed by atoms with van der Waals surface area (Å²) in [6.45, 7) is 3.68. The van der Waals surface area contributed by atoms with Crippen LogP contribution in [-0.4, -0.2) is 42.1 Å². The number of hydrogen-bond donors (Lipinski definition) is 2. The van der Waals surface area contributed by atoms with E-state index < -0.39 is 12.1 Å². The summed E-state index contributed by atoms with van der Waals surface area (Å²) < 4.78 is 10.5. The molecular weight excluding hydrogens is 384 g/mol. The summed E-state index contributed by atoms with van der Waals surface area (Å²) in [6.07, 6.45) is -0.702. The zero-order valence-electron chi connectivity index (χ0n) is 15.7. The Bertz CT molecular complexity index is 888. The lowest BCUT2D eigenvalue weighted by atomic mass is 10.2. The fourth-order valence-electron chi connectivity index (χ4n) is 2.61. The third-order valence-corrected chi connectivity index (χ3v) is 4.29. The molecule has 8 nitrogen and oxygen atoms in total. The number of guanidine groups is 1. The third-order valence-electron chi connectivity index (χ3n) is 4.05. The van der Waals surface area contributed by atoms with E-state index in [4.69, 9.17) is 21.1 Å². The van der Waals surface area contributed by atoms with Crippen molar-refractivity contribution in [1.82, 2.24) is 5.17 Å². The molecule has 0 radical (unpaired) electrons. The molecule has 28 heavy (non-hydrogen) atoms. The molecule has 0 amide bonds. The van der Waals surface area contributed by atoms with Crippen LogP contribution in [0.15, 0.2) is 47.5 Å². The first-order valence-corrected chi connectivity index (χ1v) is 9.08. The number of hydrogen-bond acceptors (Lipinski definition) is 8. The summed E-state index contributed by atoms with van der Waals surface area (Å²) in [5, 5.41) is 11.6. The van der Waals surface area contributed by atoms with E-state index >= 15 is 0 Å². The smallest absolute Gasteiger partial charge is 0.347 e. The van der Waals surface area contributed by atoms with Crippen LogP contribution in [0.3, 0.4) is 0 Å². The number of benzene rings is 2. The molecule has 0 aliphatic carbocycles. The number of aliphatic imine (C=N–C) groups is 1. The Labute approximate surface area is 167 Å². The van der Waals surface area contributed by atoms with E-state index in [2.05, 4.69) is 10.4 Å². The molecular formula is C19H21ClN4O4. The Balaban J connectivity index is 1.75. The number of ether oxygens (including phenoxy) is 2. The number of nitrogens with one attached hydrogen (secondary N) is 1. The second-order valence-electron chi connectivity index (χ2n) is 6.06. The van der Waals surface area contributed by atoms with Crippen LogP contribution < -0.4 is 15.1 Å². The van der Waals surface area contributed by atoms with Crippen molar-refractivity contribution in [2.75, 3.05) is 24.0 Å². The highest BCUT2D eigenvalue weighted by Crippen LogP contribution is 2.32. The van der Waals surface area contributed by atoms with Gasteiger partial charge in [0.05, 0.1) is 18.0 Å². The largest absolute Gasteiger partial charge is 0.479 e. The van der Waals surface area contributed by atoms with Crippen LogP contribution in [0.2, 0.25) is 5.02 Å². The van der Waals surface area contributed by atoms with Gasteiger partial charge in [0.2, 0.25) is 0 Å². The van der Waals surface area contributed by atoms with Crippen LogP contribution in [0.4, 0.5) is 17.1 Å². The number of rotatable bonds is 5. The first kappa shape index (κ1) is 19.8. The summed E-state index contributed by atoms with van der Waals surface area (Å²) in [5.74, 6) is 0.395. The molecule has 148 valence electrons. The van der Waals surface area contributed by atoms with Gasteiger partial charge in [-0.3, -0.25) is 10.6 Å². The lowest BCUT2D eigenvalue weighted by Crippen LogP contribution is -2.45. The normalized spacial score (nSPS) is 13.8. The first-order valence-electron chi connectivity index (χ1n) is 8.70. The lowest BCUT2D eigenvalue weighted by molar-refractivity contribution is -0.150. The van der Waals surface area contributed by atoms with Crippen LogP contribution in [0.25, 0.3) is 0 Å². The molecule has 2 aromatic rings. The van der Waals surface area contributed by atoms with E-state index in [-0.39, 0.29) is 5.96 Å². The average molecular weight is 405 g/mol. The monoisotopic (exact) mass is 404 g/mol. The molecule has 0 aromatic heterocycles. The zero-order valence-corrected chi connectivity index (χ0v) is 16.5. The molecule has 1 heterocycles. The van der Waals surface area contributed by atoms with Crippen molar-refractivity contribution in [2.24, 2.45) is 4.99 Å². The molecule has 0 spiro atoms. The fraction of sp³-hybridized carbons (Fsp3) is 0.263. The Morgan fingerprint density at radius 2 is 2.04 bits per heavy atom. The van der Waals surface area contributed by atoms with Gasteiger partial charge in [-0.15, -0.1) is 5.17 Å². The lowest BCUT2D eigenvalue weighted by Gasteiger charge is -2.31. The van der Waals surface area contributed by atoms with Gasteiger partial charge in [-0.2, -0.15) is 0 Å². The second kappa shape index (κ2) is 8.37. The van der Waals surface area contributed by atoms with Crippen LogP contribution in [0.5, 0.6) is 5.75 Å². The summed E-state index contributed by atoms with van der Waals surface area (Å²) in [7, 11) is 1.77. The number of fused-ring (bicyclic) bond motifs is 1. The number of hydrazine groups is 1. The summed E-state index contributed by atoms with van der Waals surface area (Å²) in [6, 6.07) is 12.2. The van der Waals surface area contributed by atoms with Gasteiger partial charge >= 0.3 is 5.97 Å². The molecule has 2 aromatic carbocycles. The van der Waals surface area contributed by atoms with Gasteiger partial charge in [0.1, 0.15) is 5.75 Å². The predicted octanol–water partition coefficient (Wildman–Crippen LogP) is 3.83. The molecule has 1 unspecified atom stereocenters. The van der Waals surface area contributed by atoms with Gasteiger partial charge in [0, 0.05) is 17.8 Å². The number of carbonyl (C=O) groups excluding carboxylic acids is 1. The predicted molar refractivity (Wildman–Crippen MR) is 107 cm³/mol. The number of esters is 1. The SMILES string of the molecule is CCOC(=O)C(C)Oc1ccc(N(C)C2=Nc3ccc(Cl)cc3NN2O)cc1. The molecule has 0 saturated heterocycles. The molecule has 1 aliphatic heterocycles. The average Bonchev–Trinajstić information content (AvgIpc) is 2.67. The van der Waals surface area contributed by atoms with E-state index in [1.165, 1.54) is 0 Å². The maximum Gasteiger partial charge on any atom is 0.347 e. The summed E-state index contributed by atoms with van der Waals surface area (Å²) in [5.41, 5.74) is 4.83. The zero-order chi connectivity index (χ0) is 20.3. The van der Waals surface area contributed by atoms with Crippen molar-refractivity contribution < 1.29 is 19.5 Å². The number of anilines is 2. The summed E-state index contributed by atoms with van der Waals surface area (Å²) in [4.78, 5) is 17.8. The molecule has 0 bridgehead atoms. The van der Waals surface area contributed by atoms with Gasteiger partial charge in [-0.1, -0.05) is 11.6 Å². The summed E-state index contributed by atoms with van der Waals surface area (Å²) >= 11 is 5.97. The van der Waals surface area contributed by atoms with Crippen LogP contribution in [-0.2, 0) is 9.53 Å². The first-order chi connectivity index (χ1) is 13.4. The molecule has 0 saturated carbocycles.